The van der Waals surface area contributed by atoms with Crippen LogP contribution in [0.25, 0.3) is 0 Å². The van der Waals surface area contributed by atoms with Crippen LogP contribution in [0.15, 0.2) is 41.4 Å². The zero-order valence-corrected chi connectivity index (χ0v) is 13.3. The van der Waals surface area contributed by atoms with E-state index >= 15 is 0 Å². The summed E-state index contributed by atoms with van der Waals surface area (Å²) < 4.78 is 6.13. The minimum absolute atomic E-state index is 0.369. The maximum absolute atomic E-state index is 12.0. The van der Waals surface area contributed by atoms with Crippen molar-refractivity contribution in [2.75, 3.05) is 6.61 Å². The van der Waals surface area contributed by atoms with Gasteiger partial charge in [0, 0.05) is 4.47 Å². The van der Waals surface area contributed by atoms with Crippen LogP contribution >= 0.6 is 15.9 Å². The van der Waals surface area contributed by atoms with Gasteiger partial charge in [0.1, 0.15) is 6.10 Å². The van der Waals surface area contributed by atoms with Crippen LogP contribution in [-0.2, 0) is 14.3 Å². The number of aliphatic carboxylic acids is 1. The van der Waals surface area contributed by atoms with Crippen molar-refractivity contribution in [3.05, 3.63) is 47.0 Å². The number of rotatable bonds is 8. The number of nitrogens with one attached hydrogen (secondary N) is 1. The van der Waals surface area contributed by atoms with Crippen molar-refractivity contribution in [2.24, 2.45) is 0 Å². The lowest BCUT2D eigenvalue weighted by Gasteiger charge is -2.18. The quantitative estimate of drug-likeness (QED) is 0.555. The second-order valence-electron chi connectivity index (χ2n) is 4.42. The minimum Gasteiger partial charge on any atom is -0.479 e. The fourth-order valence-corrected chi connectivity index (χ4v) is 1.87. The van der Waals surface area contributed by atoms with Crippen molar-refractivity contribution in [1.82, 2.24) is 5.32 Å². The second kappa shape index (κ2) is 8.59. The Bertz CT molecular complexity index is 501. The summed E-state index contributed by atoms with van der Waals surface area (Å²) in [5, 5.41) is 11.7. The first kappa shape index (κ1) is 17.4. The number of carboxylic acid groups (broad SMARTS) is 1. The maximum Gasteiger partial charge on any atom is 0.330 e. The molecule has 1 rings (SSSR count). The molecule has 2 unspecified atom stereocenters. The summed E-state index contributed by atoms with van der Waals surface area (Å²) in [6.07, 6.45) is 1.60. The average Bonchev–Trinajstić information content (AvgIpc) is 2.45. The molecule has 0 heterocycles. The Morgan fingerprint density at radius 1 is 1.43 bits per heavy atom. The first-order valence-electron chi connectivity index (χ1n) is 6.47. The SMILES string of the molecule is C=CCCOC(C)C(=O)NC(C(=O)O)c1ccc(Br)cc1. The Morgan fingerprint density at radius 3 is 2.57 bits per heavy atom. The monoisotopic (exact) mass is 355 g/mol. The van der Waals surface area contributed by atoms with Crippen LogP contribution < -0.4 is 5.32 Å². The first-order valence-corrected chi connectivity index (χ1v) is 7.26. The number of ether oxygens (including phenoxy) is 1. The fraction of sp³-hybridized carbons (Fsp3) is 0.333. The summed E-state index contributed by atoms with van der Waals surface area (Å²) in [6.45, 7) is 5.51. The van der Waals surface area contributed by atoms with Gasteiger partial charge in [0.05, 0.1) is 6.61 Å². The van der Waals surface area contributed by atoms with E-state index in [2.05, 4.69) is 27.8 Å². The third-order valence-electron chi connectivity index (χ3n) is 2.80. The topological polar surface area (TPSA) is 75.6 Å². The first-order chi connectivity index (χ1) is 9.95. The lowest BCUT2D eigenvalue weighted by atomic mass is 10.1. The van der Waals surface area contributed by atoms with E-state index in [1.807, 2.05) is 0 Å². The molecule has 0 saturated heterocycles. The van der Waals surface area contributed by atoms with Crippen molar-refractivity contribution >= 4 is 27.8 Å². The van der Waals surface area contributed by atoms with Crippen molar-refractivity contribution < 1.29 is 19.4 Å². The molecule has 0 saturated carbocycles. The molecule has 6 heteroatoms. The van der Waals surface area contributed by atoms with Gasteiger partial charge in [0.25, 0.3) is 0 Å². The Morgan fingerprint density at radius 2 is 2.05 bits per heavy atom. The van der Waals surface area contributed by atoms with Crippen molar-refractivity contribution in [3.8, 4) is 0 Å². The molecule has 1 aromatic rings. The molecule has 0 aliphatic rings. The van der Waals surface area contributed by atoms with E-state index in [0.29, 0.717) is 18.6 Å². The highest BCUT2D eigenvalue weighted by molar-refractivity contribution is 9.10. The molecule has 0 spiro atoms. The molecule has 1 amide bonds. The zero-order valence-electron chi connectivity index (χ0n) is 11.7. The number of hydrogen-bond donors (Lipinski definition) is 2. The van der Waals surface area contributed by atoms with Crippen LogP contribution in [0.5, 0.6) is 0 Å². The van der Waals surface area contributed by atoms with E-state index in [1.165, 1.54) is 0 Å². The smallest absolute Gasteiger partial charge is 0.330 e. The lowest BCUT2D eigenvalue weighted by molar-refractivity contribution is -0.144. The van der Waals surface area contributed by atoms with Gasteiger partial charge in [-0.2, -0.15) is 0 Å². The molecule has 0 fully saturated rings. The molecule has 21 heavy (non-hydrogen) atoms. The molecule has 2 atom stereocenters. The van der Waals surface area contributed by atoms with Gasteiger partial charge < -0.3 is 15.2 Å². The lowest BCUT2D eigenvalue weighted by Crippen LogP contribution is -2.40. The van der Waals surface area contributed by atoms with Gasteiger partial charge in [-0.05, 0) is 31.0 Å². The Labute approximate surface area is 132 Å². The highest BCUT2D eigenvalue weighted by Gasteiger charge is 2.24. The standard InChI is InChI=1S/C15H18BrNO4/c1-3-4-9-21-10(2)14(18)17-13(15(19)20)11-5-7-12(16)8-6-11/h3,5-8,10,13H,1,4,9H2,2H3,(H,17,18)(H,19,20). The van der Waals surface area contributed by atoms with Crippen LogP contribution in [0, 0.1) is 0 Å². The van der Waals surface area contributed by atoms with E-state index in [1.54, 1.807) is 37.3 Å². The molecule has 0 bridgehead atoms. The van der Waals surface area contributed by atoms with E-state index in [9.17, 15) is 14.7 Å². The van der Waals surface area contributed by atoms with Crippen molar-refractivity contribution in [2.45, 2.75) is 25.5 Å². The van der Waals surface area contributed by atoms with Crippen molar-refractivity contribution in [1.29, 1.82) is 0 Å². The molecule has 0 aromatic heterocycles. The molecule has 0 radical (unpaired) electrons. The number of carboxylic acids is 1. The maximum atomic E-state index is 12.0. The Balaban J connectivity index is 2.70. The van der Waals surface area contributed by atoms with E-state index < -0.39 is 24.0 Å². The fourth-order valence-electron chi connectivity index (χ4n) is 1.61. The van der Waals surface area contributed by atoms with Crippen LogP contribution in [0.1, 0.15) is 24.9 Å². The predicted octanol–water partition coefficient (Wildman–Crippen LogP) is 2.67. The summed E-state index contributed by atoms with van der Waals surface area (Å²) in [7, 11) is 0. The predicted molar refractivity (Wildman–Crippen MR) is 82.9 cm³/mol. The van der Waals surface area contributed by atoms with Gasteiger partial charge in [-0.3, -0.25) is 4.79 Å². The largest absolute Gasteiger partial charge is 0.479 e. The van der Waals surface area contributed by atoms with Gasteiger partial charge >= 0.3 is 5.97 Å². The summed E-state index contributed by atoms with van der Waals surface area (Å²) >= 11 is 3.28. The number of hydrogen-bond acceptors (Lipinski definition) is 3. The van der Waals surface area contributed by atoms with Crippen LogP contribution in [0.3, 0.4) is 0 Å². The average molecular weight is 356 g/mol. The van der Waals surface area contributed by atoms with Crippen LogP contribution in [-0.4, -0.2) is 29.7 Å². The molecular weight excluding hydrogens is 338 g/mol. The number of halogens is 1. The molecule has 5 nitrogen and oxygen atoms in total. The second-order valence-corrected chi connectivity index (χ2v) is 5.34. The van der Waals surface area contributed by atoms with Crippen LogP contribution in [0.4, 0.5) is 0 Å². The minimum atomic E-state index is -1.12. The van der Waals surface area contributed by atoms with Gasteiger partial charge in [-0.15, -0.1) is 6.58 Å². The van der Waals surface area contributed by atoms with Gasteiger partial charge in [0.15, 0.2) is 6.04 Å². The Hall–Kier alpha value is -1.66. The summed E-state index contributed by atoms with van der Waals surface area (Å²) in [5.74, 6) is -1.58. The Kier molecular flexibility index (Phi) is 7.11. The molecule has 0 aliphatic carbocycles. The highest BCUT2D eigenvalue weighted by atomic mass is 79.9. The zero-order chi connectivity index (χ0) is 15.8. The molecular formula is C15H18BrNO4. The van der Waals surface area contributed by atoms with E-state index in [-0.39, 0.29) is 0 Å². The molecule has 114 valence electrons. The normalized spacial score (nSPS) is 13.2. The number of amides is 1. The number of benzene rings is 1. The van der Waals surface area contributed by atoms with Gasteiger partial charge in [0.2, 0.25) is 5.91 Å². The number of carbonyl (C=O) groups excluding carboxylic acids is 1. The third kappa shape index (κ3) is 5.69. The highest BCUT2D eigenvalue weighted by Crippen LogP contribution is 2.17. The van der Waals surface area contributed by atoms with E-state index in [4.69, 9.17) is 4.74 Å². The summed E-state index contributed by atoms with van der Waals surface area (Å²) in [6, 6.07) is 5.64. The molecule has 0 aliphatic heterocycles. The van der Waals surface area contributed by atoms with Crippen LogP contribution in [0.2, 0.25) is 0 Å². The van der Waals surface area contributed by atoms with Gasteiger partial charge in [-0.1, -0.05) is 34.1 Å². The van der Waals surface area contributed by atoms with E-state index in [0.717, 1.165) is 4.47 Å². The summed E-state index contributed by atoms with van der Waals surface area (Å²) in [5.41, 5.74) is 0.498. The summed E-state index contributed by atoms with van der Waals surface area (Å²) in [4.78, 5) is 23.3. The number of carbonyl (C=O) groups is 2. The molecule has 1 aromatic carbocycles. The molecule has 2 N–H and O–H groups in total. The third-order valence-corrected chi connectivity index (χ3v) is 3.32. The van der Waals surface area contributed by atoms with Gasteiger partial charge in [-0.25, -0.2) is 4.79 Å². The van der Waals surface area contributed by atoms with Crippen molar-refractivity contribution in [3.63, 3.8) is 0 Å².